The van der Waals surface area contributed by atoms with Crippen LogP contribution in [-0.2, 0) is 0 Å². The smallest absolute Gasteiger partial charge is 0.128 e. The molecule has 1 aromatic rings. The molecule has 0 saturated heterocycles. The second kappa shape index (κ2) is 3.28. The summed E-state index contributed by atoms with van der Waals surface area (Å²) in [6.07, 6.45) is 3.77. The fourth-order valence-electron chi connectivity index (χ4n) is 1.53. The minimum absolute atomic E-state index is 0.0594. The molecule has 1 fully saturated rings. The van der Waals surface area contributed by atoms with Crippen LogP contribution in [0, 0.1) is 17.2 Å². The molecule has 1 heterocycles. The number of aromatic nitrogens is 1. The Morgan fingerprint density at radius 1 is 1.57 bits per heavy atom. The van der Waals surface area contributed by atoms with Crippen LogP contribution < -0.4 is 11.5 Å². The molecule has 0 amide bonds. The maximum absolute atomic E-state index is 8.72. The third kappa shape index (κ3) is 1.54. The van der Waals surface area contributed by atoms with Gasteiger partial charge in [0.2, 0.25) is 0 Å². The summed E-state index contributed by atoms with van der Waals surface area (Å²) in [5.74, 6) is 0.969. The standard InChI is InChI=1S/C10H12N4/c11-4-6-3-8(10(13)14-5-6)9(12)7-1-2-7/h3,5,7,9H,1-2,12H2,(H2,13,14)/t9-/m1/s1. The molecule has 72 valence electrons. The molecule has 0 bridgehead atoms. The molecule has 14 heavy (non-hydrogen) atoms. The summed E-state index contributed by atoms with van der Waals surface area (Å²) >= 11 is 0. The van der Waals surface area contributed by atoms with Crippen LogP contribution in [-0.4, -0.2) is 4.98 Å². The van der Waals surface area contributed by atoms with Gasteiger partial charge in [-0.25, -0.2) is 4.98 Å². The number of anilines is 1. The summed E-state index contributed by atoms with van der Waals surface area (Å²) in [6.45, 7) is 0. The van der Waals surface area contributed by atoms with Crippen LogP contribution in [0.2, 0.25) is 0 Å². The largest absolute Gasteiger partial charge is 0.383 e. The zero-order chi connectivity index (χ0) is 10.1. The Labute approximate surface area is 82.5 Å². The van der Waals surface area contributed by atoms with Gasteiger partial charge in [0.25, 0.3) is 0 Å². The minimum atomic E-state index is -0.0594. The predicted octanol–water partition coefficient (Wildman–Crippen LogP) is 0.945. The first kappa shape index (κ1) is 8.97. The Bertz CT molecular complexity index is 390. The molecule has 2 rings (SSSR count). The molecule has 0 spiro atoms. The van der Waals surface area contributed by atoms with Crippen molar-refractivity contribution in [1.29, 1.82) is 5.26 Å². The monoisotopic (exact) mass is 188 g/mol. The molecule has 1 aliphatic rings. The van der Waals surface area contributed by atoms with Crippen LogP contribution in [0.15, 0.2) is 12.3 Å². The van der Waals surface area contributed by atoms with Crippen LogP contribution >= 0.6 is 0 Å². The van der Waals surface area contributed by atoms with E-state index in [1.807, 2.05) is 6.07 Å². The van der Waals surface area contributed by atoms with Crippen molar-refractivity contribution in [3.8, 4) is 6.07 Å². The molecule has 4 nitrogen and oxygen atoms in total. The van der Waals surface area contributed by atoms with Gasteiger partial charge in [-0.3, -0.25) is 0 Å². The van der Waals surface area contributed by atoms with Gasteiger partial charge in [0, 0.05) is 17.8 Å². The molecule has 4 N–H and O–H groups in total. The van der Waals surface area contributed by atoms with Crippen LogP contribution in [0.5, 0.6) is 0 Å². The third-order valence-corrected chi connectivity index (χ3v) is 2.57. The van der Waals surface area contributed by atoms with E-state index in [2.05, 4.69) is 4.98 Å². The van der Waals surface area contributed by atoms with Gasteiger partial charge in [0.15, 0.2) is 0 Å². The number of nitrogens with two attached hydrogens (primary N) is 2. The molecule has 1 aromatic heterocycles. The van der Waals surface area contributed by atoms with Crippen molar-refractivity contribution in [2.45, 2.75) is 18.9 Å². The number of hydrogen-bond donors (Lipinski definition) is 2. The lowest BCUT2D eigenvalue weighted by Crippen LogP contribution is -2.15. The van der Waals surface area contributed by atoms with E-state index in [-0.39, 0.29) is 6.04 Å². The van der Waals surface area contributed by atoms with Crippen molar-refractivity contribution in [3.63, 3.8) is 0 Å². The molecule has 0 aromatic carbocycles. The average Bonchev–Trinajstić information content (AvgIpc) is 3.01. The highest BCUT2D eigenvalue weighted by molar-refractivity contribution is 5.46. The van der Waals surface area contributed by atoms with Crippen molar-refractivity contribution in [3.05, 3.63) is 23.4 Å². The highest BCUT2D eigenvalue weighted by Gasteiger charge is 2.30. The fraction of sp³-hybridized carbons (Fsp3) is 0.400. The Morgan fingerprint density at radius 2 is 2.29 bits per heavy atom. The maximum Gasteiger partial charge on any atom is 0.128 e. The van der Waals surface area contributed by atoms with Gasteiger partial charge in [-0.2, -0.15) is 5.26 Å². The topological polar surface area (TPSA) is 88.7 Å². The lowest BCUT2D eigenvalue weighted by molar-refractivity contribution is 0.633. The number of hydrogen-bond acceptors (Lipinski definition) is 4. The molecular weight excluding hydrogens is 176 g/mol. The number of pyridine rings is 1. The summed E-state index contributed by atoms with van der Waals surface area (Å²) in [5.41, 5.74) is 13.0. The van der Waals surface area contributed by atoms with Gasteiger partial charge in [-0.05, 0) is 24.8 Å². The normalized spacial score (nSPS) is 17.4. The van der Waals surface area contributed by atoms with E-state index in [1.54, 1.807) is 6.07 Å². The Hall–Kier alpha value is -1.60. The van der Waals surface area contributed by atoms with E-state index in [1.165, 1.54) is 6.20 Å². The van der Waals surface area contributed by atoms with Crippen LogP contribution in [0.3, 0.4) is 0 Å². The number of rotatable bonds is 2. The Morgan fingerprint density at radius 3 is 2.86 bits per heavy atom. The minimum Gasteiger partial charge on any atom is -0.383 e. The lowest BCUT2D eigenvalue weighted by Gasteiger charge is -2.12. The van der Waals surface area contributed by atoms with E-state index in [9.17, 15) is 0 Å². The van der Waals surface area contributed by atoms with Crippen molar-refractivity contribution >= 4 is 5.82 Å². The number of nitrogens with zero attached hydrogens (tertiary/aromatic N) is 2. The third-order valence-electron chi connectivity index (χ3n) is 2.57. The number of nitriles is 1. The molecule has 1 saturated carbocycles. The van der Waals surface area contributed by atoms with Crippen molar-refractivity contribution in [2.75, 3.05) is 5.73 Å². The van der Waals surface area contributed by atoms with Gasteiger partial charge in [0.05, 0.1) is 5.56 Å². The highest BCUT2D eigenvalue weighted by Crippen LogP contribution is 2.40. The second-order valence-corrected chi connectivity index (χ2v) is 3.67. The van der Waals surface area contributed by atoms with E-state index in [0.29, 0.717) is 17.3 Å². The molecule has 1 atom stereocenters. The van der Waals surface area contributed by atoms with Gasteiger partial charge in [0.1, 0.15) is 11.9 Å². The molecule has 0 radical (unpaired) electrons. The second-order valence-electron chi connectivity index (χ2n) is 3.67. The van der Waals surface area contributed by atoms with E-state index in [4.69, 9.17) is 16.7 Å². The first-order valence-corrected chi connectivity index (χ1v) is 4.63. The first-order valence-electron chi connectivity index (χ1n) is 4.63. The summed E-state index contributed by atoms with van der Waals surface area (Å²) < 4.78 is 0. The van der Waals surface area contributed by atoms with Gasteiger partial charge >= 0.3 is 0 Å². The Kier molecular flexibility index (Phi) is 2.10. The van der Waals surface area contributed by atoms with E-state index in [0.717, 1.165) is 18.4 Å². The first-order chi connectivity index (χ1) is 6.72. The lowest BCUT2D eigenvalue weighted by atomic mass is 10.0. The van der Waals surface area contributed by atoms with E-state index >= 15 is 0 Å². The summed E-state index contributed by atoms with van der Waals surface area (Å²) in [5, 5.41) is 8.72. The van der Waals surface area contributed by atoms with Gasteiger partial charge in [-0.15, -0.1) is 0 Å². The SMILES string of the molecule is N#Cc1cnc(N)c([C@H](N)C2CC2)c1. The van der Waals surface area contributed by atoms with Crippen molar-refractivity contribution in [2.24, 2.45) is 11.7 Å². The highest BCUT2D eigenvalue weighted by atomic mass is 14.8. The van der Waals surface area contributed by atoms with Crippen LogP contribution in [0.1, 0.15) is 30.0 Å². The fourth-order valence-corrected chi connectivity index (χ4v) is 1.53. The van der Waals surface area contributed by atoms with Crippen LogP contribution in [0.25, 0.3) is 0 Å². The van der Waals surface area contributed by atoms with Crippen molar-refractivity contribution in [1.82, 2.24) is 4.98 Å². The summed E-state index contributed by atoms with van der Waals surface area (Å²) in [4.78, 5) is 3.96. The maximum atomic E-state index is 8.72. The Balaban J connectivity index is 2.35. The van der Waals surface area contributed by atoms with Crippen LogP contribution in [0.4, 0.5) is 5.82 Å². The summed E-state index contributed by atoms with van der Waals surface area (Å²) in [6, 6.07) is 3.72. The molecule has 0 aliphatic heterocycles. The van der Waals surface area contributed by atoms with E-state index < -0.39 is 0 Å². The number of nitrogen functional groups attached to an aromatic ring is 1. The quantitative estimate of drug-likeness (QED) is 0.723. The van der Waals surface area contributed by atoms with Crippen molar-refractivity contribution < 1.29 is 0 Å². The zero-order valence-electron chi connectivity index (χ0n) is 7.77. The predicted molar refractivity (Wildman–Crippen MR) is 53.0 cm³/mol. The van der Waals surface area contributed by atoms with Gasteiger partial charge < -0.3 is 11.5 Å². The average molecular weight is 188 g/mol. The molecule has 4 heteroatoms. The molecular formula is C10H12N4. The molecule has 1 aliphatic carbocycles. The zero-order valence-corrected chi connectivity index (χ0v) is 7.77. The van der Waals surface area contributed by atoms with Gasteiger partial charge in [-0.1, -0.05) is 0 Å². The summed E-state index contributed by atoms with van der Waals surface area (Å²) in [7, 11) is 0. The molecule has 0 unspecified atom stereocenters.